The first-order valence-corrected chi connectivity index (χ1v) is 20.4. The Balaban J connectivity index is 1.09. The van der Waals surface area contributed by atoms with Crippen molar-refractivity contribution in [3.8, 4) is 79.0 Å². The molecule has 2 aliphatic rings. The predicted octanol–water partition coefficient (Wildman–Crippen LogP) is 13.8. The van der Waals surface area contributed by atoms with E-state index in [0.717, 1.165) is 66.8 Å². The molecule has 12 rings (SSSR count). The molecular weight excluding hydrogens is 731 g/mol. The van der Waals surface area contributed by atoms with Crippen LogP contribution in [0, 0.1) is 0 Å². The second-order valence-corrected chi connectivity index (χ2v) is 15.4. The van der Waals surface area contributed by atoms with E-state index in [9.17, 15) is 0 Å². The SMILES string of the molecule is c1ccc(-c2nc(-c3ccccc3-c3cccc4c3Oc3ccccc3C43c4ccccc4-c4ccccc43)nc(-c3ccc(-c4ccccc4)c4ccccc34)n2)cc1. The predicted molar refractivity (Wildman–Crippen MR) is 242 cm³/mol. The molecule has 0 saturated heterocycles. The Labute approximate surface area is 348 Å². The van der Waals surface area contributed by atoms with Gasteiger partial charge in [-0.2, -0.15) is 0 Å². The summed E-state index contributed by atoms with van der Waals surface area (Å²) in [7, 11) is 0. The molecule has 60 heavy (non-hydrogen) atoms. The van der Waals surface area contributed by atoms with Crippen LogP contribution in [0.3, 0.4) is 0 Å². The van der Waals surface area contributed by atoms with Crippen LogP contribution in [0.15, 0.2) is 212 Å². The van der Waals surface area contributed by atoms with E-state index >= 15 is 0 Å². The molecule has 0 bridgehead atoms. The van der Waals surface area contributed by atoms with Crippen molar-refractivity contribution in [3.05, 3.63) is 235 Å². The molecule has 0 radical (unpaired) electrons. The maximum atomic E-state index is 7.10. The molecule has 2 heterocycles. The van der Waals surface area contributed by atoms with Gasteiger partial charge in [-0.15, -0.1) is 0 Å². The summed E-state index contributed by atoms with van der Waals surface area (Å²) in [5, 5.41) is 2.22. The number of fused-ring (bicyclic) bond motifs is 10. The lowest BCUT2D eigenvalue weighted by Gasteiger charge is -2.40. The van der Waals surface area contributed by atoms with Crippen LogP contribution in [-0.2, 0) is 5.41 Å². The van der Waals surface area contributed by atoms with Gasteiger partial charge >= 0.3 is 0 Å². The Morgan fingerprint density at radius 1 is 0.283 bits per heavy atom. The number of aromatic nitrogens is 3. The van der Waals surface area contributed by atoms with Gasteiger partial charge in [-0.1, -0.05) is 200 Å². The first kappa shape index (κ1) is 34.1. The lowest BCUT2D eigenvalue weighted by Crippen LogP contribution is -2.32. The molecule has 0 amide bonds. The van der Waals surface area contributed by atoms with Gasteiger partial charge in [0.2, 0.25) is 0 Å². The molecular formula is C56H35N3O. The van der Waals surface area contributed by atoms with Crippen molar-refractivity contribution in [2.45, 2.75) is 5.41 Å². The van der Waals surface area contributed by atoms with E-state index in [1.165, 1.54) is 27.8 Å². The fourth-order valence-corrected chi connectivity index (χ4v) is 9.70. The normalized spacial score (nSPS) is 12.9. The van der Waals surface area contributed by atoms with Crippen LogP contribution in [0.1, 0.15) is 22.3 Å². The number of hydrogen-bond donors (Lipinski definition) is 0. The maximum Gasteiger partial charge on any atom is 0.164 e. The lowest BCUT2D eigenvalue weighted by molar-refractivity contribution is 0.438. The number of nitrogens with zero attached hydrogens (tertiary/aromatic N) is 3. The van der Waals surface area contributed by atoms with Crippen molar-refractivity contribution >= 4 is 10.8 Å². The zero-order valence-electron chi connectivity index (χ0n) is 32.5. The highest BCUT2D eigenvalue weighted by Crippen LogP contribution is 2.63. The standard InChI is InChI=1S/C56H35N3O/c1-3-18-36(19-4-1)38-34-35-46(40-23-8-7-22-39(38)40)55-58-53(37-20-5-2-6-21-37)57-54(59-55)45-27-10-9-24-41(45)44-28-17-32-50-52(44)60-51-33-16-15-31-49(51)56(50)47-29-13-11-25-42(47)43-26-12-14-30-48(43)56/h1-35H. The first-order valence-electron chi connectivity index (χ1n) is 20.4. The van der Waals surface area contributed by atoms with Gasteiger partial charge < -0.3 is 4.74 Å². The van der Waals surface area contributed by atoms with Crippen molar-refractivity contribution in [3.63, 3.8) is 0 Å². The van der Waals surface area contributed by atoms with Crippen LogP contribution in [0.25, 0.3) is 78.3 Å². The molecule has 0 atom stereocenters. The largest absolute Gasteiger partial charge is 0.456 e. The highest BCUT2D eigenvalue weighted by atomic mass is 16.5. The molecule has 0 saturated carbocycles. The van der Waals surface area contributed by atoms with E-state index in [-0.39, 0.29) is 0 Å². The van der Waals surface area contributed by atoms with Gasteiger partial charge in [-0.3, -0.25) is 0 Å². The summed E-state index contributed by atoms with van der Waals surface area (Å²) in [6.45, 7) is 0. The van der Waals surface area contributed by atoms with Crippen LogP contribution in [0.5, 0.6) is 11.5 Å². The van der Waals surface area contributed by atoms with E-state index in [0.29, 0.717) is 17.5 Å². The van der Waals surface area contributed by atoms with Gasteiger partial charge in [0.25, 0.3) is 0 Å². The summed E-state index contributed by atoms with van der Waals surface area (Å²) in [6, 6.07) is 74.8. The third kappa shape index (κ3) is 5.07. The number of ether oxygens (including phenoxy) is 1. The number of benzene rings is 9. The minimum absolute atomic E-state index is 0.573. The lowest BCUT2D eigenvalue weighted by atomic mass is 9.65. The molecule has 10 aromatic rings. The van der Waals surface area contributed by atoms with Gasteiger partial charge in [0, 0.05) is 33.4 Å². The summed E-state index contributed by atoms with van der Waals surface area (Å²) < 4.78 is 7.10. The Kier molecular flexibility index (Phi) is 7.72. The average molecular weight is 766 g/mol. The number of hydrogen-bond acceptors (Lipinski definition) is 4. The van der Waals surface area contributed by atoms with Crippen LogP contribution >= 0.6 is 0 Å². The van der Waals surface area contributed by atoms with E-state index in [4.69, 9.17) is 19.7 Å². The molecule has 9 aromatic carbocycles. The minimum atomic E-state index is -0.573. The molecule has 0 unspecified atom stereocenters. The fourth-order valence-electron chi connectivity index (χ4n) is 9.70. The number of rotatable bonds is 5. The second-order valence-electron chi connectivity index (χ2n) is 15.4. The van der Waals surface area contributed by atoms with Crippen LogP contribution < -0.4 is 4.74 Å². The van der Waals surface area contributed by atoms with E-state index in [1.807, 2.05) is 18.2 Å². The average Bonchev–Trinajstić information content (AvgIpc) is 3.62. The van der Waals surface area contributed by atoms with E-state index < -0.39 is 5.41 Å². The summed E-state index contributed by atoms with van der Waals surface area (Å²) in [4.78, 5) is 15.8. The fraction of sp³-hybridized carbons (Fsp3) is 0.0179. The highest BCUT2D eigenvalue weighted by molar-refractivity contribution is 6.04. The zero-order chi connectivity index (χ0) is 39.6. The van der Waals surface area contributed by atoms with Crippen molar-refractivity contribution in [2.75, 3.05) is 0 Å². The van der Waals surface area contributed by atoms with Crippen LogP contribution in [0.4, 0.5) is 0 Å². The molecule has 4 nitrogen and oxygen atoms in total. The molecule has 4 heteroatoms. The summed E-state index contributed by atoms with van der Waals surface area (Å²) >= 11 is 0. The molecule has 1 aliphatic carbocycles. The molecule has 280 valence electrons. The zero-order valence-corrected chi connectivity index (χ0v) is 32.5. The molecule has 1 aliphatic heterocycles. The van der Waals surface area contributed by atoms with E-state index in [1.54, 1.807) is 0 Å². The summed E-state index contributed by atoms with van der Waals surface area (Å²) in [6.07, 6.45) is 0. The summed E-state index contributed by atoms with van der Waals surface area (Å²) in [5.41, 5.74) is 13.7. The summed E-state index contributed by atoms with van der Waals surface area (Å²) in [5.74, 6) is 3.49. The Morgan fingerprint density at radius 2 is 0.750 bits per heavy atom. The number of para-hydroxylation sites is 2. The molecule has 0 fully saturated rings. The second kappa shape index (κ2) is 13.6. The van der Waals surface area contributed by atoms with E-state index in [2.05, 4.69) is 194 Å². The Morgan fingerprint density at radius 3 is 1.45 bits per heavy atom. The third-order valence-electron chi connectivity index (χ3n) is 12.2. The smallest absolute Gasteiger partial charge is 0.164 e. The van der Waals surface area contributed by atoms with Gasteiger partial charge in [0.1, 0.15) is 11.5 Å². The van der Waals surface area contributed by atoms with Gasteiger partial charge in [0.05, 0.1) is 5.41 Å². The first-order chi connectivity index (χ1) is 29.8. The maximum absolute atomic E-state index is 7.10. The van der Waals surface area contributed by atoms with Crippen LogP contribution in [-0.4, -0.2) is 15.0 Å². The van der Waals surface area contributed by atoms with Crippen molar-refractivity contribution in [2.24, 2.45) is 0 Å². The van der Waals surface area contributed by atoms with Crippen molar-refractivity contribution in [1.82, 2.24) is 15.0 Å². The Bertz CT molecular complexity index is 3260. The quantitative estimate of drug-likeness (QED) is 0.175. The van der Waals surface area contributed by atoms with Gasteiger partial charge in [-0.25, -0.2) is 15.0 Å². The van der Waals surface area contributed by atoms with Crippen molar-refractivity contribution < 1.29 is 4.74 Å². The topological polar surface area (TPSA) is 47.9 Å². The molecule has 1 aromatic heterocycles. The van der Waals surface area contributed by atoms with Crippen molar-refractivity contribution in [1.29, 1.82) is 0 Å². The minimum Gasteiger partial charge on any atom is -0.456 e. The molecule has 1 spiro atoms. The van der Waals surface area contributed by atoms with Crippen LogP contribution in [0.2, 0.25) is 0 Å². The van der Waals surface area contributed by atoms with Gasteiger partial charge in [0.15, 0.2) is 17.5 Å². The van der Waals surface area contributed by atoms with Gasteiger partial charge in [-0.05, 0) is 61.8 Å². The Hall–Kier alpha value is -7.95. The monoisotopic (exact) mass is 765 g/mol. The molecule has 0 N–H and O–H groups in total. The third-order valence-corrected chi connectivity index (χ3v) is 12.2. The highest BCUT2D eigenvalue weighted by Gasteiger charge is 2.51.